The van der Waals surface area contributed by atoms with E-state index in [1.807, 2.05) is 0 Å². The van der Waals surface area contributed by atoms with Gasteiger partial charge in [-0.2, -0.15) is 0 Å². The summed E-state index contributed by atoms with van der Waals surface area (Å²) in [5.41, 5.74) is 1.36. The summed E-state index contributed by atoms with van der Waals surface area (Å²) in [5.74, 6) is 0.464. The van der Waals surface area contributed by atoms with Crippen molar-refractivity contribution in [3.8, 4) is 0 Å². The second kappa shape index (κ2) is 6.20. The van der Waals surface area contributed by atoms with Crippen molar-refractivity contribution in [2.24, 2.45) is 0 Å². The SMILES string of the molecule is CC(CCCO[C]=O)c1cccc2ccccc12. The average Bonchev–Trinajstić information content (AvgIpc) is 2.43. The summed E-state index contributed by atoms with van der Waals surface area (Å²) in [6, 6.07) is 14.8. The smallest absolute Gasteiger partial charge is 0.417 e. The van der Waals surface area contributed by atoms with Crippen molar-refractivity contribution < 1.29 is 9.53 Å². The van der Waals surface area contributed by atoms with Crippen LogP contribution in [0.3, 0.4) is 0 Å². The van der Waals surface area contributed by atoms with Crippen LogP contribution in [-0.4, -0.2) is 13.1 Å². The maximum Gasteiger partial charge on any atom is 0.417 e. The molecular formula is C16H17O2. The molecule has 0 N–H and O–H groups in total. The third-order valence-corrected chi connectivity index (χ3v) is 3.30. The molecule has 18 heavy (non-hydrogen) atoms. The van der Waals surface area contributed by atoms with Crippen LogP contribution in [0.1, 0.15) is 31.2 Å². The van der Waals surface area contributed by atoms with Gasteiger partial charge in [0.05, 0.1) is 6.61 Å². The fraction of sp³-hybridized carbons (Fsp3) is 0.312. The van der Waals surface area contributed by atoms with Gasteiger partial charge >= 0.3 is 6.47 Å². The van der Waals surface area contributed by atoms with Crippen molar-refractivity contribution in [2.45, 2.75) is 25.7 Å². The molecule has 0 bridgehead atoms. The Kier molecular flexibility index (Phi) is 4.35. The first-order valence-corrected chi connectivity index (χ1v) is 6.29. The summed E-state index contributed by atoms with van der Waals surface area (Å²) in [4.78, 5) is 9.95. The normalized spacial score (nSPS) is 12.3. The molecule has 1 radical (unpaired) electrons. The van der Waals surface area contributed by atoms with Gasteiger partial charge in [-0.1, -0.05) is 49.4 Å². The molecule has 0 aromatic heterocycles. The summed E-state index contributed by atoms with van der Waals surface area (Å²) >= 11 is 0. The second-order valence-electron chi connectivity index (χ2n) is 4.54. The second-order valence-corrected chi connectivity index (χ2v) is 4.54. The average molecular weight is 241 g/mol. The number of ether oxygens (including phenoxy) is 1. The molecule has 0 aliphatic carbocycles. The molecule has 0 aliphatic rings. The lowest BCUT2D eigenvalue weighted by Crippen LogP contribution is -1.98. The topological polar surface area (TPSA) is 26.3 Å². The maximum atomic E-state index is 9.95. The number of rotatable bonds is 6. The van der Waals surface area contributed by atoms with Crippen molar-refractivity contribution in [1.82, 2.24) is 0 Å². The Morgan fingerprint density at radius 1 is 1.17 bits per heavy atom. The van der Waals surface area contributed by atoms with Crippen molar-refractivity contribution in [1.29, 1.82) is 0 Å². The van der Waals surface area contributed by atoms with Crippen molar-refractivity contribution >= 4 is 17.2 Å². The monoisotopic (exact) mass is 241 g/mol. The molecule has 2 aromatic carbocycles. The quantitative estimate of drug-likeness (QED) is 0.719. The van der Waals surface area contributed by atoms with Crippen LogP contribution in [0, 0.1) is 0 Å². The van der Waals surface area contributed by atoms with Gasteiger partial charge in [-0.25, -0.2) is 4.79 Å². The zero-order chi connectivity index (χ0) is 12.8. The van der Waals surface area contributed by atoms with Crippen molar-refractivity contribution in [3.63, 3.8) is 0 Å². The molecule has 0 heterocycles. The molecule has 2 rings (SSSR count). The number of hydrogen-bond acceptors (Lipinski definition) is 2. The number of fused-ring (bicyclic) bond motifs is 1. The summed E-state index contributed by atoms with van der Waals surface area (Å²) in [6.45, 7) is 4.13. The lowest BCUT2D eigenvalue weighted by atomic mass is 9.92. The Labute approximate surface area is 108 Å². The molecule has 0 spiro atoms. The first-order valence-electron chi connectivity index (χ1n) is 6.29. The first-order chi connectivity index (χ1) is 8.83. The molecule has 2 aromatic rings. The Bertz CT molecular complexity index is 514. The minimum absolute atomic E-state index is 0.457. The maximum absolute atomic E-state index is 9.95. The van der Waals surface area contributed by atoms with Gasteiger partial charge in [0.15, 0.2) is 0 Å². The van der Waals surface area contributed by atoms with E-state index >= 15 is 0 Å². The minimum Gasteiger partial charge on any atom is -0.457 e. The fourth-order valence-corrected chi connectivity index (χ4v) is 2.34. The summed E-state index contributed by atoms with van der Waals surface area (Å²) in [5, 5.41) is 2.59. The van der Waals surface area contributed by atoms with E-state index in [0.717, 1.165) is 12.8 Å². The van der Waals surface area contributed by atoms with Gasteiger partial charge in [0.1, 0.15) is 0 Å². The van der Waals surface area contributed by atoms with Crippen molar-refractivity contribution in [3.05, 3.63) is 48.0 Å². The largest absolute Gasteiger partial charge is 0.457 e. The predicted molar refractivity (Wildman–Crippen MR) is 73.2 cm³/mol. The van der Waals surface area contributed by atoms with Gasteiger partial charge in [-0.3, -0.25) is 0 Å². The van der Waals surface area contributed by atoms with E-state index in [1.165, 1.54) is 22.8 Å². The molecule has 93 valence electrons. The van der Waals surface area contributed by atoms with Gasteiger partial charge in [-0.15, -0.1) is 0 Å². The van der Waals surface area contributed by atoms with Crippen LogP contribution in [0.2, 0.25) is 0 Å². The summed E-state index contributed by atoms with van der Waals surface area (Å²) < 4.78 is 4.60. The first kappa shape index (κ1) is 12.6. The summed E-state index contributed by atoms with van der Waals surface area (Å²) in [7, 11) is 0. The molecule has 0 fully saturated rings. The minimum atomic E-state index is 0.457. The van der Waals surface area contributed by atoms with E-state index in [4.69, 9.17) is 0 Å². The lowest BCUT2D eigenvalue weighted by molar-refractivity contribution is 0.267. The lowest BCUT2D eigenvalue weighted by Gasteiger charge is -2.14. The molecule has 2 nitrogen and oxygen atoms in total. The molecule has 0 saturated heterocycles. The standard InChI is InChI=1S/C16H17O2/c1-13(6-5-11-18-12-17)15-10-4-8-14-7-2-3-9-16(14)15/h2-4,7-10,13H,5-6,11H2,1H3. The highest BCUT2D eigenvalue weighted by Crippen LogP contribution is 2.28. The molecule has 2 heteroatoms. The highest BCUT2D eigenvalue weighted by molar-refractivity contribution is 5.86. The molecule has 1 unspecified atom stereocenters. The molecule has 1 atom stereocenters. The van der Waals surface area contributed by atoms with Crippen LogP contribution in [0.4, 0.5) is 0 Å². The van der Waals surface area contributed by atoms with Gasteiger partial charge in [0.2, 0.25) is 0 Å². The van der Waals surface area contributed by atoms with Gasteiger partial charge < -0.3 is 4.74 Å². The fourth-order valence-electron chi connectivity index (χ4n) is 2.34. The van der Waals surface area contributed by atoms with Crippen LogP contribution >= 0.6 is 0 Å². The number of carbonyl (C=O) groups excluding carboxylic acids is 1. The van der Waals surface area contributed by atoms with E-state index < -0.39 is 0 Å². The Hall–Kier alpha value is -1.83. The van der Waals surface area contributed by atoms with E-state index in [9.17, 15) is 4.79 Å². The predicted octanol–water partition coefficient (Wildman–Crippen LogP) is 3.81. The zero-order valence-corrected chi connectivity index (χ0v) is 10.6. The van der Waals surface area contributed by atoms with Gasteiger partial charge in [-0.05, 0) is 35.1 Å². The highest BCUT2D eigenvalue weighted by Gasteiger charge is 2.08. The molecule has 0 aliphatic heterocycles. The summed E-state index contributed by atoms with van der Waals surface area (Å²) in [6.07, 6.45) is 1.88. The third-order valence-electron chi connectivity index (χ3n) is 3.30. The van der Waals surface area contributed by atoms with Crippen LogP contribution < -0.4 is 0 Å². The Morgan fingerprint density at radius 2 is 1.94 bits per heavy atom. The highest BCUT2D eigenvalue weighted by atomic mass is 16.5. The van der Waals surface area contributed by atoms with Crippen LogP contribution in [-0.2, 0) is 9.53 Å². The van der Waals surface area contributed by atoms with Crippen LogP contribution in [0.5, 0.6) is 0 Å². The Balaban J connectivity index is 2.12. The Morgan fingerprint density at radius 3 is 2.78 bits per heavy atom. The number of benzene rings is 2. The van der Waals surface area contributed by atoms with Crippen LogP contribution in [0.25, 0.3) is 10.8 Å². The third kappa shape index (κ3) is 2.89. The number of hydrogen-bond donors (Lipinski definition) is 0. The molecule has 0 saturated carbocycles. The van der Waals surface area contributed by atoms with Gasteiger partial charge in [0.25, 0.3) is 0 Å². The molecular weight excluding hydrogens is 224 g/mol. The van der Waals surface area contributed by atoms with E-state index in [0.29, 0.717) is 12.5 Å². The van der Waals surface area contributed by atoms with Crippen LogP contribution in [0.15, 0.2) is 42.5 Å². The van der Waals surface area contributed by atoms with E-state index in [1.54, 1.807) is 0 Å². The van der Waals surface area contributed by atoms with E-state index in [-0.39, 0.29) is 0 Å². The van der Waals surface area contributed by atoms with E-state index in [2.05, 4.69) is 54.1 Å². The molecule has 0 amide bonds. The van der Waals surface area contributed by atoms with Gasteiger partial charge in [0, 0.05) is 0 Å². The van der Waals surface area contributed by atoms with Crippen molar-refractivity contribution in [2.75, 3.05) is 6.61 Å². The zero-order valence-electron chi connectivity index (χ0n) is 10.6.